The number of aromatic nitrogens is 2. The monoisotopic (exact) mass is 333 g/mol. The van der Waals surface area contributed by atoms with Crippen LogP contribution in [0.25, 0.3) is 10.2 Å². The Morgan fingerprint density at radius 3 is 2.74 bits per heavy atom. The van der Waals surface area contributed by atoms with Gasteiger partial charge in [0.2, 0.25) is 0 Å². The highest BCUT2D eigenvalue weighted by molar-refractivity contribution is 7.20. The standard InChI is InChI=1S/C16H23N5OS/c1-4-5-17-15(22)13-11(2)12-14(18-10-19-16(12)23-13)21-8-6-20(3)7-9-21/h10H,4-9H2,1-3H3,(H,17,22). The molecule has 0 spiro atoms. The molecule has 7 heteroatoms. The SMILES string of the molecule is CCCNC(=O)c1sc2ncnc(N3CCN(C)CC3)c2c1C. The van der Waals surface area contributed by atoms with E-state index in [0.29, 0.717) is 6.54 Å². The number of thiophene rings is 1. The molecule has 1 fully saturated rings. The van der Waals surface area contributed by atoms with Crippen LogP contribution in [0.4, 0.5) is 5.82 Å². The van der Waals surface area contributed by atoms with Gasteiger partial charge in [-0.15, -0.1) is 11.3 Å². The Labute approximate surface area is 140 Å². The first-order chi connectivity index (χ1) is 11.1. The molecule has 0 aromatic carbocycles. The highest BCUT2D eigenvalue weighted by atomic mass is 32.1. The fourth-order valence-electron chi connectivity index (χ4n) is 2.85. The van der Waals surface area contributed by atoms with Crippen LogP contribution < -0.4 is 10.2 Å². The molecule has 1 aliphatic heterocycles. The summed E-state index contributed by atoms with van der Waals surface area (Å²) >= 11 is 1.46. The Morgan fingerprint density at radius 1 is 1.30 bits per heavy atom. The second kappa shape index (κ2) is 6.80. The van der Waals surface area contributed by atoms with Gasteiger partial charge in [-0.25, -0.2) is 9.97 Å². The number of likely N-dealkylation sites (N-methyl/N-ethyl adjacent to an activating group) is 1. The quantitative estimate of drug-likeness (QED) is 0.926. The first kappa shape index (κ1) is 16.1. The number of amides is 1. The summed E-state index contributed by atoms with van der Waals surface area (Å²) in [5.41, 5.74) is 0.994. The molecule has 0 atom stereocenters. The lowest BCUT2D eigenvalue weighted by Crippen LogP contribution is -2.44. The Bertz CT molecular complexity index is 706. The van der Waals surface area contributed by atoms with Crippen LogP contribution in [-0.4, -0.2) is 60.5 Å². The average Bonchev–Trinajstić information content (AvgIpc) is 2.91. The lowest BCUT2D eigenvalue weighted by molar-refractivity contribution is 0.0957. The largest absolute Gasteiger partial charge is 0.353 e. The van der Waals surface area contributed by atoms with Gasteiger partial charge in [-0.1, -0.05) is 6.92 Å². The van der Waals surface area contributed by atoms with Crippen molar-refractivity contribution in [2.24, 2.45) is 0 Å². The summed E-state index contributed by atoms with van der Waals surface area (Å²) in [7, 11) is 2.14. The molecule has 6 nitrogen and oxygen atoms in total. The summed E-state index contributed by atoms with van der Waals surface area (Å²) < 4.78 is 0. The smallest absolute Gasteiger partial charge is 0.261 e. The summed E-state index contributed by atoms with van der Waals surface area (Å²) in [6, 6.07) is 0. The predicted molar refractivity (Wildman–Crippen MR) is 94.5 cm³/mol. The van der Waals surface area contributed by atoms with E-state index in [0.717, 1.165) is 59.1 Å². The second-order valence-electron chi connectivity index (χ2n) is 5.98. The predicted octanol–water partition coefficient (Wildman–Crippen LogP) is 1.89. The molecule has 1 N–H and O–H groups in total. The van der Waals surface area contributed by atoms with Crippen molar-refractivity contribution in [3.8, 4) is 0 Å². The minimum Gasteiger partial charge on any atom is -0.353 e. The molecule has 124 valence electrons. The molecule has 0 aliphatic carbocycles. The maximum absolute atomic E-state index is 12.4. The fraction of sp³-hybridized carbons (Fsp3) is 0.562. The van der Waals surface area contributed by atoms with Gasteiger partial charge in [0.25, 0.3) is 5.91 Å². The number of carbonyl (C=O) groups excluding carboxylic acids is 1. The van der Waals surface area contributed by atoms with Crippen LogP contribution in [-0.2, 0) is 0 Å². The molecule has 2 aromatic rings. The molecule has 0 bridgehead atoms. The number of aryl methyl sites for hydroxylation is 1. The summed E-state index contributed by atoms with van der Waals surface area (Å²) in [5, 5.41) is 3.99. The molecule has 0 unspecified atom stereocenters. The number of rotatable bonds is 4. The van der Waals surface area contributed by atoms with Gasteiger partial charge >= 0.3 is 0 Å². The van der Waals surface area contributed by atoms with Crippen molar-refractivity contribution in [1.82, 2.24) is 20.2 Å². The first-order valence-corrected chi connectivity index (χ1v) is 8.89. The molecule has 0 radical (unpaired) electrons. The van der Waals surface area contributed by atoms with E-state index >= 15 is 0 Å². The van der Waals surface area contributed by atoms with Crippen LogP contribution in [0, 0.1) is 6.92 Å². The van der Waals surface area contributed by atoms with Crippen LogP contribution in [0.1, 0.15) is 28.6 Å². The molecule has 23 heavy (non-hydrogen) atoms. The van der Waals surface area contributed by atoms with Gasteiger partial charge in [0, 0.05) is 32.7 Å². The Kier molecular flexibility index (Phi) is 4.77. The summed E-state index contributed by atoms with van der Waals surface area (Å²) in [5.74, 6) is 0.961. The van der Waals surface area contributed by atoms with Crippen molar-refractivity contribution in [3.63, 3.8) is 0 Å². The van der Waals surface area contributed by atoms with E-state index in [9.17, 15) is 4.79 Å². The zero-order valence-electron chi connectivity index (χ0n) is 13.9. The third-order valence-electron chi connectivity index (χ3n) is 4.25. The fourth-order valence-corrected chi connectivity index (χ4v) is 3.91. The molecular formula is C16H23N5OS. The van der Waals surface area contributed by atoms with E-state index in [-0.39, 0.29) is 5.91 Å². The normalized spacial score (nSPS) is 16.0. The van der Waals surface area contributed by atoms with Crippen molar-refractivity contribution < 1.29 is 4.79 Å². The van der Waals surface area contributed by atoms with Gasteiger partial charge in [0.1, 0.15) is 17.0 Å². The zero-order valence-corrected chi connectivity index (χ0v) is 14.7. The van der Waals surface area contributed by atoms with Gasteiger partial charge in [0.05, 0.1) is 10.3 Å². The van der Waals surface area contributed by atoms with Gasteiger partial charge in [-0.05, 0) is 26.0 Å². The van der Waals surface area contributed by atoms with Gasteiger partial charge in [-0.3, -0.25) is 4.79 Å². The number of nitrogens with zero attached hydrogens (tertiary/aromatic N) is 4. The summed E-state index contributed by atoms with van der Waals surface area (Å²) in [6.07, 6.45) is 2.54. The van der Waals surface area contributed by atoms with Crippen LogP contribution in [0.5, 0.6) is 0 Å². The number of nitrogens with one attached hydrogen (secondary N) is 1. The number of piperazine rings is 1. The Morgan fingerprint density at radius 2 is 2.04 bits per heavy atom. The van der Waals surface area contributed by atoms with Crippen molar-refractivity contribution in [2.75, 3.05) is 44.7 Å². The Hall–Kier alpha value is -1.73. The van der Waals surface area contributed by atoms with Gasteiger partial charge < -0.3 is 15.1 Å². The maximum Gasteiger partial charge on any atom is 0.261 e. The van der Waals surface area contributed by atoms with Crippen molar-refractivity contribution >= 4 is 33.3 Å². The van der Waals surface area contributed by atoms with Crippen LogP contribution in [0.15, 0.2) is 6.33 Å². The molecule has 3 rings (SSSR count). The molecular weight excluding hydrogens is 310 g/mol. The molecule has 1 aliphatic rings. The second-order valence-corrected chi connectivity index (χ2v) is 6.98. The molecule has 3 heterocycles. The number of anilines is 1. The number of hydrogen-bond donors (Lipinski definition) is 1. The van der Waals surface area contributed by atoms with Crippen LogP contribution >= 0.6 is 11.3 Å². The zero-order chi connectivity index (χ0) is 16.4. The van der Waals surface area contributed by atoms with Gasteiger partial charge in [0.15, 0.2) is 0 Å². The maximum atomic E-state index is 12.4. The number of fused-ring (bicyclic) bond motifs is 1. The highest BCUT2D eigenvalue weighted by Crippen LogP contribution is 2.35. The van der Waals surface area contributed by atoms with Gasteiger partial charge in [-0.2, -0.15) is 0 Å². The van der Waals surface area contributed by atoms with Crippen molar-refractivity contribution in [2.45, 2.75) is 20.3 Å². The third-order valence-corrected chi connectivity index (χ3v) is 5.45. The van der Waals surface area contributed by atoms with E-state index in [1.165, 1.54) is 11.3 Å². The average molecular weight is 333 g/mol. The van der Waals surface area contributed by atoms with E-state index in [4.69, 9.17) is 0 Å². The Balaban J connectivity index is 1.97. The van der Waals surface area contributed by atoms with Crippen molar-refractivity contribution in [3.05, 3.63) is 16.8 Å². The summed E-state index contributed by atoms with van der Waals surface area (Å²) in [6.45, 7) is 8.71. The lowest BCUT2D eigenvalue weighted by Gasteiger charge is -2.33. The van der Waals surface area contributed by atoms with E-state index in [1.807, 2.05) is 6.92 Å². The van der Waals surface area contributed by atoms with E-state index in [1.54, 1.807) is 6.33 Å². The minimum absolute atomic E-state index is 0.00308. The molecule has 2 aromatic heterocycles. The third kappa shape index (κ3) is 3.16. The highest BCUT2D eigenvalue weighted by Gasteiger charge is 2.23. The van der Waals surface area contributed by atoms with Crippen LogP contribution in [0.3, 0.4) is 0 Å². The topological polar surface area (TPSA) is 61.4 Å². The molecule has 1 amide bonds. The molecule has 0 saturated carbocycles. The van der Waals surface area contributed by atoms with E-state index < -0.39 is 0 Å². The van der Waals surface area contributed by atoms with Crippen molar-refractivity contribution in [1.29, 1.82) is 0 Å². The molecule has 1 saturated heterocycles. The minimum atomic E-state index is -0.00308. The first-order valence-electron chi connectivity index (χ1n) is 8.07. The van der Waals surface area contributed by atoms with Crippen LogP contribution in [0.2, 0.25) is 0 Å². The lowest BCUT2D eigenvalue weighted by atomic mass is 10.1. The number of hydrogen-bond acceptors (Lipinski definition) is 6. The number of carbonyl (C=O) groups is 1. The van der Waals surface area contributed by atoms with E-state index in [2.05, 4.69) is 39.1 Å². The summed E-state index contributed by atoms with van der Waals surface area (Å²) in [4.78, 5) is 27.5.